The van der Waals surface area contributed by atoms with Crippen LogP contribution >= 0.6 is 0 Å². The second-order valence-electron chi connectivity index (χ2n) is 7.85. The van der Waals surface area contributed by atoms with Crippen LogP contribution in [-0.2, 0) is 0 Å². The summed E-state index contributed by atoms with van der Waals surface area (Å²) in [6.45, 7) is 7.46. The zero-order valence-corrected chi connectivity index (χ0v) is 14.8. The van der Waals surface area contributed by atoms with Crippen LogP contribution in [0.15, 0.2) is 54.6 Å². The molecule has 0 radical (unpaired) electrons. The third kappa shape index (κ3) is 1.97. The maximum Gasteiger partial charge on any atom is 0.137 e. The number of rotatable bonds is 0. The zero-order valence-electron chi connectivity index (χ0n) is 14.8. The van der Waals surface area contributed by atoms with E-state index in [1.54, 1.807) is 0 Å². The first-order valence-corrected chi connectivity index (χ1v) is 8.84. The van der Waals surface area contributed by atoms with Gasteiger partial charge in [0, 0.05) is 27.2 Å². The molecule has 3 aromatic carbocycles. The lowest BCUT2D eigenvalue weighted by Gasteiger charge is -2.30. The number of hydrogen-bond donors (Lipinski definition) is 1. The summed E-state index contributed by atoms with van der Waals surface area (Å²) in [5.41, 5.74) is 5.01. The highest BCUT2D eigenvalue weighted by Gasteiger charge is 2.29. The van der Waals surface area contributed by atoms with E-state index in [2.05, 4.69) is 80.4 Å². The van der Waals surface area contributed by atoms with Crippen molar-refractivity contribution in [3.8, 4) is 5.75 Å². The van der Waals surface area contributed by atoms with Gasteiger partial charge in [-0.3, -0.25) is 0 Å². The number of ether oxygens (including phenoxy) is 1. The Morgan fingerprint density at radius 1 is 0.880 bits per heavy atom. The van der Waals surface area contributed by atoms with Gasteiger partial charge in [-0.2, -0.15) is 0 Å². The number of para-hydroxylation sites is 1. The highest BCUT2D eigenvalue weighted by atomic mass is 16.5. The van der Waals surface area contributed by atoms with E-state index in [1.807, 2.05) is 0 Å². The molecule has 0 bridgehead atoms. The topological polar surface area (TPSA) is 25.0 Å². The Morgan fingerprint density at radius 2 is 1.56 bits per heavy atom. The Labute approximate surface area is 147 Å². The van der Waals surface area contributed by atoms with Gasteiger partial charge in [-0.25, -0.2) is 0 Å². The molecule has 1 aliphatic rings. The molecule has 0 atom stereocenters. The first-order valence-electron chi connectivity index (χ1n) is 8.84. The summed E-state index contributed by atoms with van der Waals surface area (Å²) in [6.07, 6.45) is 2.24. The molecule has 25 heavy (non-hydrogen) atoms. The molecule has 1 aliphatic heterocycles. The molecule has 0 saturated carbocycles. The van der Waals surface area contributed by atoms with Crippen molar-refractivity contribution in [1.29, 1.82) is 0 Å². The van der Waals surface area contributed by atoms with Crippen LogP contribution in [0, 0.1) is 5.41 Å². The lowest BCUT2D eigenvalue weighted by Crippen LogP contribution is -2.15. The molecule has 2 heterocycles. The predicted octanol–water partition coefficient (Wildman–Crippen LogP) is 6.30. The summed E-state index contributed by atoms with van der Waals surface area (Å²) in [6, 6.07) is 17.2. The largest absolute Gasteiger partial charge is 0.488 e. The summed E-state index contributed by atoms with van der Waals surface area (Å²) >= 11 is 0. The number of nitrogens with one attached hydrogen (secondary N) is 1. The van der Waals surface area contributed by atoms with Gasteiger partial charge in [0.2, 0.25) is 0 Å². The third-order valence-electron chi connectivity index (χ3n) is 5.22. The quantitative estimate of drug-likeness (QED) is 0.403. The highest BCUT2D eigenvalue weighted by molar-refractivity contribution is 6.24. The second-order valence-corrected chi connectivity index (χ2v) is 7.85. The standard InChI is InChI=1S/C23H21NO/c1-23(2,3)17-12-13-25-22-15-9-5-4-8-14(15)19-16-10-6-7-11-18(16)24-21(19)20(17)22/h4-12,24H,13H2,1-3H3. The minimum absolute atomic E-state index is 0.0607. The molecule has 0 amide bonds. The third-order valence-corrected chi connectivity index (χ3v) is 5.22. The van der Waals surface area contributed by atoms with Crippen LogP contribution in [0.3, 0.4) is 0 Å². The Balaban J connectivity index is 2.08. The van der Waals surface area contributed by atoms with Crippen LogP contribution in [-0.4, -0.2) is 11.6 Å². The Morgan fingerprint density at radius 3 is 2.32 bits per heavy atom. The summed E-state index contributed by atoms with van der Waals surface area (Å²) in [5, 5.41) is 5.02. The number of hydrogen-bond acceptors (Lipinski definition) is 1. The minimum atomic E-state index is 0.0607. The van der Waals surface area contributed by atoms with Gasteiger partial charge >= 0.3 is 0 Å². The van der Waals surface area contributed by atoms with Crippen molar-refractivity contribution in [3.63, 3.8) is 0 Å². The fourth-order valence-electron chi connectivity index (χ4n) is 4.16. The predicted molar refractivity (Wildman–Crippen MR) is 106 cm³/mol. The van der Waals surface area contributed by atoms with Crippen molar-refractivity contribution in [2.75, 3.05) is 6.61 Å². The number of aromatic amines is 1. The Kier molecular flexibility index (Phi) is 2.85. The van der Waals surface area contributed by atoms with Crippen LogP contribution in [0.5, 0.6) is 5.75 Å². The number of H-pyrrole nitrogens is 1. The van der Waals surface area contributed by atoms with Gasteiger partial charge in [-0.1, -0.05) is 63.2 Å². The van der Waals surface area contributed by atoms with Crippen LogP contribution in [0.4, 0.5) is 0 Å². The van der Waals surface area contributed by atoms with E-state index in [4.69, 9.17) is 4.74 Å². The molecule has 0 spiro atoms. The molecule has 124 valence electrons. The second kappa shape index (κ2) is 4.89. The monoisotopic (exact) mass is 327 g/mol. The van der Waals surface area contributed by atoms with Crippen molar-refractivity contribution in [2.45, 2.75) is 20.8 Å². The summed E-state index contributed by atoms with van der Waals surface area (Å²) in [4.78, 5) is 3.68. The minimum Gasteiger partial charge on any atom is -0.488 e. The van der Waals surface area contributed by atoms with Crippen molar-refractivity contribution in [1.82, 2.24) is 4.98 Å². The van der Waals surface area contributed by atoms with Gasteiger partial charge in [-0.05, 0) is 28.5 Å². The van der Waals surface area contributed by atoms with E-state index in [-0.39, 0.29) is 5.41 Å². The number of fused-ring (bicyclic) bond motifs is 8. The van der Waals surface area contributed by atoms with E-state index in [1.165, 1.54) is 43.7 Å². The lowest BCUT2D eigenvalue weighted by atomic mass is 9.79. The van der Waals surface area contributed by atoms with E-state index >= 15 is 0 Å². The maximum absolute atomic E-state index is 6.17. The van der Waals surface area contributed by atoms with Gasteiger partial charge in [-0.15, -0.1) is 0 Å². The van der Waals surface area contributed by atoms with Crippen LogP contribution in [0.1, 0.15) is 26.3 Å². The summed E-state index contributed by atoms with van der Waals surface area (Å²) in [7, 11) is 0. The van der Waals surface area contributed by atoms with Gasteiger partial charge in [0.15, 0.2) is 0 Å². The molecule has 2 nitrogen and oxygen atoms in total. The molecule has 4 aromatic rings. The first-order chi connectivity index (χ1) is 12.1. The molecule has 2 heteroatoms. The Hall–Kier alpha value is -2.74. The van der Waals surface area contributed by atoms with Gasteiger partial charge in [0.25, 0.3) is 0 Å². The Bertz CT molecular complexity index is 1170. The molecule has 0 fully saturated rings. The van der Waals surface area contributed by atoms with E-state index < -0.39 is 0 Å². The molecule has 1 N–H and O–H groups in total. The zero-order chi connectivity index (χ0) is 17.2. The smallest absolute Gasteiger partial charge is 0.137 e. The molecular weight excluding hydrogens is 306 g/mol. The van der Waals surface area contributed by atoms with E-state index in [0.717, 1.165) is 5.75 Å². The maximum atomic E-state index is 6.17. The number of benzene rings is 3. The van der Waals surface area contributed by atoms with E-state index in [0.29, 0.717) is 6.61 Å². The van der Waals surface area contributed by atoms with Gasteiger partial charge in [0.05, 0.1) is 5.52 Å². The fourth-order valence-corrected chi connectivity index (χ4v) is 4.16. The average Bonchev–Trinajstić information content (AvgIpc) is 3.00. The van der Waals surface area contributed by atoms with Gasteiger partial charge < -0.3 is 9.72 Å². The van der Waals surface area contributed by atoms with Crippen molar-refractivity contribution >= 4 is 38.2 Å². The SMILES string of the molecule is CC(C)(C)C1=CCOc2c1c1[nH]c3ccccc3c1c1ccccc21. The molecular formula is C23H21NO. The number of allylic oxidation sites excluding steroid dienone is 1. The average molecular weight is 327 g/mol. The summed E-state index contributed by atoms with van der Waals surface area (Å²) in [5.74, 6) is 1.02. The highest BCUT2D eigenvalue weighted by Crippen LogP contribution is 2.49. The fraction of sp³-hybridized carbons (Fsp3) is 0.217. The molecule has 1 aromatic heterocycles. The van der Waals surface area contributed by atoms with Crippen molar-refractivity contribution in [2.24, 2.45) is 5.41 Å². The lowest BCUT2D eigenvalue weighted by molar-refractivity contribution is 0.357. The van der Waals surface area contributed by atoms with Crippen molar-refractivity contribution in [3.05, 3.63) is 60.2 Å². The van der Waals surface area contributed by atoms with E-state index in [9.17, 15) is 0 Å². The summed E-state index contributed by atoms with van der Waals surface area (Å²) < 4.78 is 6.17. The molecule has 5 rings (SSSR count). The first kappa shape index (κ1) is 14.6. The molecule has 0 aliphatic carbocycles. The van der Waals surface area contributed by atoms with Crippen LogP contribution < -0.4 is 4.74 Å². The molecule has 0 saturated heterocycles. The van der Waals surface area contributed by atoms with Gasteiger partial charge in [0.1, 0.15) is 12.4 Å². The van der Waals surface area contributed by atoms with Crippen LogP contribution in [0.2, 0.25) is 0 Å². The number of aromatic nitrogens is 1. The molecule has 0 unspecified atom stereocenters. The normalized spacial score (nSPS) is 14.6. The van der Waals surface area contributed by atoms with Crippen LogP contribution in [0.25, 0.3) is 38.2 Å². The van der Waals surface area contributed by atoms with Crippen molar-refractivity contribution < 1.29 is 4.74 Å².